The number of benzene rings is 1. The first-order valence-corrected chi connectivity index (χ1v) is 13.2. The molecule has 0 aromatic heterocycles. The highest BCUT2D eigenvalue weighted by molar-refractivity contribution is 5.94. The summed E-state index contributed by atoms with van der Waals surface area (Å²) < 4.78 is 17.7. The zero-order valence-electron chi connectivity index (χ0n) is 22.7. The summed E-state index contributed by atoms with van der Waals surface area (Å²) in [6.45, 7) is 7.29. The van der Waals surface area contributed by atoms with E-state index in [0.717, 1.165) is 0 Å². The van der Waals surface area contributed by atoms with Crippen molar-refractivity contribution in [2.45, 2.75) is 89.2 Å². The van der Waals surface area contributed by atoms with Gasteiger partial charge in [0, 0.05) is 25.2 Å². The summed E-state index contributed by atoms with van der Waals surface area (Å²) in [5.74, 6) is -3.60. The molecule has 10 heteroatoms. The van der Waals surface area contributed by atoms with Gasteiger partial charge in [-0.1, -0.05) is 32.0 Å². The summed E-state index contributed by atoms with van der Waals surface area (Å²) in [5, 5.41) is 46.7. The van der Waals surface area contributed by atoms with E-state index in [1.165, 1.54) is 26.0 Å². The van der Waals surface area contributed by atoms with Gasteiger partial charge in [0.15, 0.2) is 11.4 Å². The predicted molar refractivity (Wildman–Crippen MR) is 135 cm³/mol. The maximum atomic E-state index is 14.3. The van der Waals surface area contributed by atoms with E-state index >= 15 is 0 Å². The minimum atomic E-state index is -2.07. The lowest BCUT2D eigenvalue weighted by atomic mass is 9.44. The van der Waals surface area contributed by atoms with E-state index < -0.39 is 76.2 Å². The molecule has 212 valence electrons. The molecule has 4 aliphatic rings. The van der Waals surface area contributed by atoms with E-state index in [0.29, 0.717) is 5.57 Å². The highest BCUT2D eigenvalue weighted by Gasteiger charge is 2.77. The smallest absolute Gasteiger partial charge is 0.338 e. The average Bonchev–Trinajstić information content (AvgIpc) is 2.87. The number of Topliss-reactive ketones (excluding diaryl/α,β-unsaturated/α-hetero) is 1. The number of rotatable bonds is 3. The highest BCUT2D eigenvalue weighted by atomic mass is 16.6. The second-order valence-electron chi connectivity index (χ2n) is 12.2. The van der Waals surface area contributed by atoms with Crippen molar-refractivity contribution in [2.24, 2.45) is 16.7 Å². The lowest BCUT2D eigenvalue weighted by Gasteiger charge is -2.67. The number of fused-ring (bicyclic) bond motifs is 5. The van der Waals surface area contributed by atoms with Gasteiger partial charge in [0.25, 0.3) is 0 Å². The molecule has 2 saturated carbocycles. The minimum absolute atomic E-state index is 0.0828. The van der Waals surface area contributed by atoms with E-state index in [2.05, 4.69) is 0 Å². The number of ether oxygens (including phenoxy) is 3. The second kappa shape index (κ2) is 8.94. The summed E-state index contributed by atoms with van der Waals surface area (Å²) >= 11 is 0. The molecule has 1 heterocycles. The zero-order chi connectivity index (χ0) is 28.7. The molecule has 3 aliphatic carbocycles. The molecule has 2 bridgehead atoms. The molecule has 9 atom stereocenters. The maximum Gasteiger partial charge on any atom is 0.338 e. The molecule has 10 nitrogen and oxygen atoms in total. The van der Waals surface area contributed by atoms with Gasteiger partial charge < -0.3 is 34.6 Å². The van der Waals surface area contributed by atoms with E-state index in [1.54, 1.807) is 39.0 Å². The summed E-state index contributed by atoms with van der Waals surface area (Å²) in [6.07, 6.45) is -7.26. The van der Waals surface area contributed by atoms with Crippen LogP contribution in [0.4, 0.5) is 0 Å². The van der Waals surface area contributed by atoms with Crippen molar-refractivity contribution in [3.63, 3.8) is 0 Å². The molecule has 39 heavy (non-hydrogen) atoms. The van der Waals surface area contributed by atoms with Crippen LogP contribution < -0.4 is 0 Å². The molecule has 0 spiro atoms. The van der Waals surface area contributed by atoms with E-state index in [-0.39, 0.29) is 30.6 Å². The van der Waals surface area contributed by atoms with Crippen LogP contribution in [0.25, 0.3) is 0 Å². The van der Waals surface area contributed by atoms with E-state index in [1.807, 2.05) is 0 Å². The van der Waals surface area contributed by atoms with Crippen LogP contribution in [0.1, 0.15) is 57.8 Å². The fourth-order valence-corrected chi connectivity index (χ4v) is 7.66. The van der Waals surface area contributed by atoms with Gasteiger partial charge in [0.05, 0.1) is 35.7 Å². The number of carbonyl (C=O) groups is 3. The molecule has 1 aromatic carbocycles. The highest BCUT2D eigenvalue weighted by Crippen LogP contribution is 2.63. The van der Waals surface area contributed by atoms with Crippen LogP contribution >= 0.6 is 0 Å². The Balaban J connectivity index is 1.81. The predicted octanol–water partition coefficient (Wildman–Crippen LogP) is 1.08. The van der Waals surface area contributed by atoms with E-state index in [9.17, 15) is 34.8 Å². The Bertz CT molecular complexity index is 1240. The summed E-state index contributed by atoms with van der Waals surface area (Å²) in [5.41, 5.74) is -6.24. The zero-order valence-corrected chi connectivity index (χ0v) is 22.7. The first-order chi connectivity index (χ1) is 18.1. The monoisotopic (exact) mass is 544 g/mol. The average molecular weight is 545 g/mol. The minimum Gasteiger partial charge on any atom is -0.455 e. The quantitative estimate of drug-likeness (QED) is 0.320. The van der Waals surface area contributed by atoms with E-state index in [4.69, 9.17) is 14.2 Å². The SMILES string of the molecule is CC(=O)O[C@@]12COC1CC(O)C1(C)C(=O)C(O)C3=C(C)[C@@H](O)CC(O)([C@@H](OC(=O)c4ccccc4)C12)C3(C)C. The van der Waals surface area contributed by atoms with Gasteiger partial charge in [-0.2, -0.15) is 0 Å². The molecular formula is C29H36O10. The van der Waals surface area contributed by atoms with Crippen LogP contribution in [0.5, 0.6) is 0 Å². The molecule has 3 fully saturated rings. The Morgan fingerprint density at radius 3 is 2.28 bits per heavy atom. The molecule has 5 rings (SSSR count). The lowest BCUT2D eigenvalue weighted by Crippen LogP contribution is -2.81. The van der Waals surface area contributed by atoms with Crippen molar-refractivity contribution in [3.05, 3.63) is 47.0 Å². The lowest BCUT2D eigenvalue weighted by molar-refractivity contribution is -0.345. The standard InChI is InChI=1S/C29H36O10/c1-14-17(31)12-29(36)24(38-25(35)16-9-7-6-8-10-16)22-27(5,23(34)21(33)20(14)26(29,3)4)18(32)11-19-28(22,13-37-19)39-15(2)30/h6-10,17-19,21-22,24,31-33,36H,11-13H2,1-5H3/t17-,18?,19?,21?,22?,24-,27?,28-,29?/m0/s1. The fraction of sp³-hybridized carbons (Fsp3) is 0.621. The number of carbonyl (C=O) groups excluding carboxylic acids is 3. The van der Waals surface area contributed by atoms with Gasteiger partial charge in [-0.3, -0.25) is 9.59 Å². The Hall–Kier alpha value is -2.63. The van der Waals surface area contributed by atoms with Crippen molar-refractivity contribution in [1.82, 2.24) is 0 Å². The Labute approximate surface area is 226 Å². The molecule has 0 amide bonds. The summed E-state index contributed by atoms with van der Waals surface area (Å²) in [4.78, 5) is 40.3. The normalized spacial score (nSPS) is 42.7. The molecule has 1 aromatic rings. The number of aliphatic hydroxyl groups is 4. The Morgan fingerprint density at radius 2 is 1.72 bits per heavy atom. The topological polar surface area (TPSA) is 160 Å². The first kappa shape index (κ1) is 27.9. The number of aliphatic hydroxyl groups excluding tert-OH is 3. The molecule has 1 aliphatic heterocycles. The van der Waals surface area contributed by atoms with Gasteiger partial charge in [0.2, 0.25) is 0 Å². The van der Waals surface area contributed by atoms with Crippen LogP contribution in [0.2, 0.25) is 0 Å². The Morgan fingerprint density at radius 1 is 1.08 bits per heavy atom. The molecular weight excluding hydrogens is 508 g/mol. The fourth-order valence-electron chi connectivity index (χ4n) is 7.66. The number of hydrogen-bond donors (Lipinski definition) is 4. The van der Waals surface area contributed by atoms with Crippen molar-refractivity contribution < 1.29 is 49.0 Å². The van der Waals surface area contributed by atoms with Gasteiger partial charge >= 0.3 is 11.9 Å². The van der Waals surface area contributed by atoms with Crippen molar-refractivity contribution >= 4 is 17.7 Å². The molecule has 6 unspecified atom stereocenters. The van der Waals surface area contributed by atoms with Gasteiger partial charge in [-0.15, -0.1) is 0 Å². The first-order valence-electron chi connectivity index (χ1n) is 13.2. The van der Waals surface area contributed by atoms with Crippen LogP contribution in [0.15, 0.2) is 41.5 Å². The molecule has 1 saturated heterocycles. The van der Waals surface area contributed by atoms with Crippen molar-refractivity contribution in [1.29, 1.82) is 0 Å². The second-order valence-corrected chi connectivity index (χ2v) is 12.2. The van der Waals surface area contributed by atoms with Gasteiger partial charge in [0.1, 0.15) is 23.9 Å². The summed E-state index contributed by atoms with van der Waals surface area (Å²) in [7, 11) is 0. The number of esters is 2. The van der Waals surface area contributed by atoms with Crippen molar-refractivity contribution in [2.75, 3.05) is 6.61 Å². The van der Waals surface area contributed by atoms with Crippen LogP contribution in [0, 0.1) is 16.7 Å². The number of ketones is 1. The number of hydrogen-bond acceptors (Lipinski definition) is 10. The summed E-state index contributed by atoms with van der Waals surface area (Å²) in [6, 6.07) is 8.08. The molecule has 4 N–H and O–H groups in total. The van der Waals surface area contributed by atoms with Crippen molar-refractivity contribution in [3.8, 4) is 0 Å². The third-order valence-electron chi connectivity index (χ3n) is 9.95. The third kappa shape index (κ3) is 3.62. The van der Waals surface area contributed by atoms with Crippen LogP contribution in [-0.4, -0.2) is 86.5 Å². The maximum absolute atomic E-state index is 14.3. The molecule has 0 radical (unpaired) electrons. The Kier molecular flexibility index (Phi) is 6.40. The van der Waals surface area contributed by atoms with Gasteiger partial charge in [-0.05, 0) is 37.1 Å². The third-order valence-corrected chi connectivity index (χ3v) is 9.95. The largest absolute Gasteiger partial charge is 0.455 e. The van der Waals surface area contributed by atoms with Crippen LogP contribution in [0.3, 0.4) is 0 Å². The van der Waals surface area contributed by atoms with Gasteiger partial charge in [-0.25, -0.2) is 4.79 Å². The van der Waals surface area contributed by atoms with Crippen LogP contribution in [-0.2, 0) is 23.8 Å².